The first kappa shape index (κ1) is 12.4. The molecule has 0 N–H and O–H groups in total. The zero-order valence-corrected chi connectivity index (χ0v) is 11.2. The van der Waals surface area contributed by atoms with Crippen molar-refractivity contribution < 1.29 is 13.8 Å². The van der Waals surface area contributed by atoms with Crippen molar-refractivity contribution in [3.63, 3.8) is 0 Å². The van der Waals surface area contributed by atoms with Crippen LogP contribution in [0.2, 0.25) is 0 Å². The van der Waals surface area contributed by atoms with Crippen LogP contribution in [0.4, 0.5) is 0 Å². The summed E-state index contributed by atoms with van der Waals surface area (Å²) < 4.78 is 15.6. The molecule has 3 rings (SSSR count). The molecule has 2 heterocycles. The summed E-state index contributed by atoms with van der Waals surface area (Å²) in [6.07, 6.45) is 1.46. The van der Waals surface area contributed by atoms with Gasteiger partial charge in [0.25, 0.3) is 5.89 Å². The van der Waals surface area contributed by atoms with Gasteiger partial charge in [-0.3, -0.25) is 0 Å². The van der Waals surface area contributed by atoms with E-state index in [1.165, 1.54) is 6.26 Å². The third kappa shape index (κ3) is 2.40. The van der Waals surface area contributed by atoms with E-state index in [9.17, 15) is 0 Å². The molecule has 20 heavy (non-hydrogen) atoms. The third-order valence-corrected chi connectivity index (χ3v) is 2.88. The minimum atomic E-state index is 0.219. The Morgan fingerprint density at radius 3 is 2.60 bits per heavy atom. The first-order valence-corrected chi connectivity index (χ1v) is 6.16. The molecule has 0 saturated heterocycles. The highest BCUT2D eigenvalue weighted by atomic mass is 16.5. The Morgan fingerprint density at radius 2 is 1.90 bits per heavy atom. The molecule has 0 unspecified atom stereocenters. The van der Waals surface area contributed by atoms with Crippen LogP contribution in [-0.2, 0) is 6.61 Å². The predicted molar refractivity (Wildman–Crippen MR) is 70.0 cm³/mol. The van der Waals surface area contributed by atoms with E-state index < -0.39 is 0 Å². The molecule has 0 fully saturated rings. The maximum Gasteiger partial charge on any atom is 0.264 e. The van der Waals surface area contributed by atoms with E-state index in [-0.39, 0.29) is 6.61 Å². The Balaban J connectivity index is 1.73. The smallest absolute Gasteiger partial charge is 0.264 e. The van der Waals surface area contributed by atoms with Gasteiger partial charge in [-0.15, -0.1) is 0 Å². The SMILES string of the molecule is Cc1cccc(C)c1OCc1nc(-c2ccon2)no1. The average molecular weight is 271 g/mol. The molecular formula is C14H13N3O3. The highest BCUT2D eigenvalue weighted by Gasteiger charge is 2.12. The summed E-state index contributed by atoms with van der Waals surface area (Å²) in [6, 6.07) is 7.65. The minimum absolute atomic E-state index is 0.219. The molecule has 3 aromatic rings. The molecule has 0 saturated carbocycles. The van der Waals surface area contributed by atoms with Crippen LogP contribution in [0.25, 0.3) is 11.5 Å². The lowest BCUT2D eigenvalue weighted by molar-refractivity contribution is 0.240. The Morgan fingerprint density at radius 1 is 1.10 bits per heavy atom. The van der Waals surface area contributed by atoms with Crippen molar-refractivity contribution >= 4 is 0 Å². The molecule has 0 bridgehead atoms. The predicted octanol–water partition coefficient (Wildman–Crippen LogP) is 2.92. The average Bonchev–Trinajstić information content (AvgIpc) is 3.09. The van der Waals surface area contributed by atoms with Gasteiger partial charge >= 0.3 is 0 Å². The van der Waals surface area contributed by atoms with Crippen LogP contribution >= 0.6 is 0 Å². The molecule has 0 spiro atoms. The number of benzene rings is 1. The van der Waals surface area contributed by atoms with E-state index in [0.717, 1.165) is 16.9 Å². The van der Waals surface area contributed by atoms with E-state index >= 15 is 0 Å². The number of ether oxygens (including phenoxy) is 1. The van der Waals surface area contributed by atoms with Crippen molar-refractivity contribution in [2.24, 2.45) is 0 Å². The maximum atomic E-state index is 5.74. The molecule has 102 valence electrons. The second-order valence-electron chi connectivity index (χ2n) is 4.41. The number of para-hydroxylation sites is 1. The Kier molecular flexibility index (Phi) is 3.20. The topological polar surface area (TPSA) is 74.2 Å². The summed E-state index contributed by atoms with van der Waals surface area (Å²) >= 11 is 0. The van der Waals surface area contributed by atoms with Gasteiger partial charge in [-0.25, -0.2) is 0 Å². The van der Waals surface area contributed by atoms with Crippen LogP contribution in [0.5, 0.6) is 5.75 Å². The third-order valence-electron chi connectivity index (χ3n) is 2.88. The molecule has 0 atom stereocenters. The molecule has 0 radical (unpaired) electrons. The quantitative estimate of drug-likeness (QED) is 0.726. The largest absolute Gasteiger partial charge is 0.483 e. The van der Waals surface area contributed by atoms with Crippen LogP contribution in [0.15, 0.2) is 39.6 Å². The molecule has 1 aromatic carbocycles. The zero-order valence-electron chi connectivity index (χ0n) is 11.2. The van der Waals surface area contributed by atoms with E-state index in [1.807, 2.05) is 32.0 Å². The number of aryl methyl sites for hydroxylation is 2. The van der Waals surface area contributed by atoms with Gasteiger partial charge in [0.1, 0.15) is 12.0 Å². The van der Waals surface area contributed by atoms with Crippen LogP contribution in [0.1, 0.15) is 17.0 Å². The number of nitrogens with zero attached hydrogens (tertiary/aromatic N) is 3. The van der Waals surface area contributed by atoms with Gasteiger partial charge in [0.15, 0.2) is 12.3 Å². The number of rotatable bonds is 4. The van der Waals surface area contributed by atoms with Crippen molar-refractivity contribution in [1.29, 1.82) is 0 Å². The molecule has 6 nitrogen and oxygen atoms in total. The number of aromatic nitrogens is 3. The maximum absolute atomic E-state index is 5.74. The van der Waals surface area contributed by atoms with Crippen molar-refractivity contribution in [3.8, 4) is 17.3 Å². The Bertz CT molecular complexity index is 684. The summed E-state index contributed by atoms with van der Waals surface area (Å²) in [5.41, 5.74) is 2.68. The van der Waals surface area contributed by atoms with Gasteiger partial charge in [0, 0.05) is 6.07 Å². The summed E-state index contributed by atoms with van der Waals surface area (Å²) in [4.78, 5) is 4.20. The van der Waals surface area contributed by atoms with Crippen molar-refractivity contribution in [3.05, 3.63) is 47.5 Å². The fourth-order valence-electron chi connectivity index (χ4n) is 1.91. The standard InChI is InChI=1S/C14H13N3O3/c1-9-4-3-5-10(2)13(9)18-8-12-15-14(17-20-12)11-6-7-19-16-11/h3-7H,8H2,1-2H3. The fraction of sp³-hybridized carbons (Fsp3) is 0.214. The van der Waals surface area contributed by atoms with Crippen LogP contribution in [0, 0.1) is 13.8 Å². The van der Waals surface area contributed by atoms with Gasteiger partial charge in [0.05, 0.1) is 0 Å². The van der Waals surface area contributed by atoms with Gasteiger partial charge in [-0.05, 0) is 25.0 Å². The summed E-state index contributed by atoms with van der Waals surface area (Å²) in [7, 11) is 0. The lowest BCUT2D eigenvalue weighted by Crippen LogP contribution is -1.99. The first-order valence-electron chi connectivity index (χ1n) is 6.16. The Hall–Kier alpha value is -2.63. The second kappa shape index (κ2) is 5.16. The first-order chi connectivity index (χ1) is 9.74. The van der Waals surface area contributed by atoms with E-state index in [0.29, 0.717) is 17.4 Å². The highest BCUT2D eigenvalue weighted by molar-refractivity contribution is 5.45. The van der Waals surface area contributed by atoms with Gasteiger partial charge in [-0.1, -0.05) is 28.5 Å². The van der Waals surface area contributed by atoms with Crippen LogP contribution in [0.3, 0.4) is 0 Å². The van der Waals surface area contributed by atoms with Crippen molar-refractivity contribution in [2.75, 3.05) is 0 Å². The molecule has 2 aromatic heterocycles. The van der Waals surface area contributed by atoms with E-state index in [2.05, 4.69) is 15.3 Å². The molecule has 6 heteroatoms. The lowest BCUT2D eigenvalue weighted by atomic mass is 10.1. The molecular weight excluding hydrogens is 258 g/mol. The van der Waals surface area contributed by atoms with Gasteiger partial charge < -0.3 is 13.8 Å². The number of hydrogen-bond donors (Lipinski definition) is 0. The fourth-order valence-corrected chi connectivity index (χ4v) is 1.91. The number of hydrogen-bond acceptors (Lipinski definition) is 6. The summed E-state index contributed by atoms with van der Waals surface area (Å²) in [5.74, 6) is 1.62. The monoisotopic (exact) mass is 271 g/mol. The van der Waals surface area contributed by atoms with Crippen LogP contribution in [-0.4, -0.2) is 15.3 Å². The van der Waals surface area contributed by atoms with Crippen molar-refractivity contribution in [2.45, 2.75) is 20.5 Å². The molecule has 0 aliphatic heterocycles. The summed E-state index contributed by atoms with van der Waals surface area (Å²) in [5, 5.41) is 7.57. The van der Waals surface area contributed by atoms with E-state index in [1.54, 1.807) is 6.07 Å². The molecule has 0 aliphatic rings. The lowest BCUT2D eigenvalue weighted by Gasteiger charge is -2.09. The Labute approximate surface area is 115 Å². The minimum Gasteiger partial charge on any atom is -0.483 e. The molecule has 0 aliphatic carbocycles. The highest BCUT2D eigenvalue weighted by Crippen LogP contribution is 2.23. The molecule has 0 amide bonds. The van der Waals surface area contributed by atoms with E-state index in [4.69, 9.17) is 13.8 Å². The summed E-state index contributed by atoms with van der Waals surface area (Å²) in [6.45, 7) is 4.21. The zero-order chi connectivity index (χ0) is 13.9. The van der Waals surface area contributed by atoms with Gasteiger partial charge in [-0.2, -0.15) is 4.98 Å². The van der Waals surface area contributed by atoms with Crippen molar-refractivity contribution in [1.82, 2.24) is 15.3 Å². The van der Waals surface area contributed by atoms with Crippen LogP contribution < -0.4 is 4.74 Å². The normalized spacial score (nSPS) is 10.7. The second-order valence-corrected chi connectivity index (χ2v) is 4.41. The van der Waals surface area contributed by atoms with Gasteiger partial charge in [0.2, 0.25) is 5.82 Å².